The summed E-state index contributed by atoms with van der Waals surface area (Å²) < 4.78 is 5.26. The first-order valence-corrected chi connectivity index (χ1v) is 8.92. The van der Waals surface area contributed by atoms with Crippen molar-refractivity contribution in [3.8, 4) is 0 Å². The Morgan fingerprint density at radius 1 is 1.14 bits per heavy atom. The van der Waals surface area contributed by atoms with E-state index < -0.39 is 6.10 Å². The highest BCUT2D eigenvalue weighted by Crippen LogP contribution is 2.24. The van der Waals surface area contributed by atoms with E-state index in [0.29, 0.717) is 18.3 Å². The third-order valence-electron chi connectivity index (χ3n) is 4.59. The van der Waals surface area contributed by atoms with Gasteiger partial charge < -0.3 is 14.9 Å². The van der Waals surface area contributed by atoms with Crippen molar-refractivity contribution in [2.75, 3.05) is 0 Å². The number of rotatable bonds is 10. The third-order valence-corrected chi connectivity index (χ3v) is 4.59. The van der Waals surface area contributed by atoms with Crippen molar-refractivity contribution in [1.29, 1.82) is 0 Å². The maximum absolute atomic E-state index is 11.3. The molecule has 2 N–H and O–H groups in total. The highest BCUT2D eigenvalue weighted by atomic mass is 16.5. The Kier molecular flexibility index (Phi) is 9.03. The van der Waals surface area contributed by atoms with Crippen LogP contribution in [-0.4, -0.2) is 34.5 Å². The average molecular weight is 314 g/mol. The lowest BCUT2D eigenvalue weighted by Crippen LogP contribution is -2.32. The molecule has 22 heavy (non-hydrogen) atoms. The Morgan fingerprint density at radius 3 is 2.45 bits per heavy atom. The molecule has 1 aliphatic rings. The van der Waals surface area contributed by atoms with Gasteiger partial charge >= 0.3 is 5.97 Å². The molecule has 1 fully saturated rings. The molecule has 0 saturated carbocycles. The lowest BCUT2D eigenvalue weighted by Gasteiger charge is -2.26. The van der Waals surface area contributed by atoms with E-state index in [0.717, 1.165) is 32.1 Å². The van der Waals surface area contributed by atoms with E-state index in [1.165, 1.54) is 12.8 Å². The lowest BCUT2D eigenvalue weighted by molar-refractivity contribution is -0.160. The molecule has 0 aromatic heterocycles. The first kappa shape index (κ1) is 19.4. The van der Waals surface area contributed by atoms with Crippen LogP contribution in [0.4, 0.5) is 0 Å². The number of ether oxygens (including phenoxy) is 1. The van der Waals surface area contributed by atoms with Gasteiger partial charge in [-0.1, -0.05) is 26.7 Å². The lowest BCUT2D eigenvalue weighted by atomic mass is 9.89. The van der Waals surface area contributed by atoms with Crippen LogP contribution in [-0.2, 0) is 9.53 Å². The maximum Gasteiger partial charge on any atom is 0.308 e. The fourth-order valence-corrected chi connectivity index (χ4v) is 3.35. The summed E-state index contributed by atoms with van der Waals surface area (Å²) in [6.45, 7) is 6.41. The first-order chi connectivity index (χ1) is 10.4. The minimum atomic E-state index is -0.514. The summed E-state index contributed by atoms with van der Waals surface area (Å²) in [6.07, 6.45) is 7.42. The molecule has 130 valence electrons. The second-order valence-corrected chi connectivity index (χ2v) is 7.36. The molecule has 2 unspecified atom stereocenters. The van der Waals surface area contributed by atoms with Crippen LogP contribution < -0.4 is 0 Å². The Balaban J connectivity index is 2.07. The van der Waals surface area contributed by atoms with Crippen LogP contribution in [0.1, 0.15) is 78.6 Å². The Hall–Kier alpha value is -0.610. The number of carbonyl (C=O) groups is 1. The van der Waals surface area contributed by atoms with Crippen molar-refractivity contribution in [2.45, 2.75) is 96.9 Å². The highest BCUT2D eigenvalue weighted by Gasteiger charge is 2.26. The molecule has 1 aliphatic heterocycles. The molecule has 1 saturated heterocycles. The van der Waals surface area contributed by atoms with Gasteiger partial charge in [0.25, 0.3) is 0 Å². The predicted molar refractivity (Wildman–Crippen MR) is 87.4 cm³/mol. The topological polar surface area (TPSA) is 66.8 Å². The molecular formula is C18H34O4. The predicted octanol–water partition coefficient (Wildman–Crippen LogP) is 3.44. The summed E-state index contributed by atoms with van der Waals surface area (Å²) in [5, 5.41) is 18.9. The summed E-state index contributed by atoms with van der Waals surface area (Å²) in [7, 11) is 0. The van der Waals surface area contributed by atoms with E-state index >= 15 is 0 Å². The van der Waals surface area contributed by atoms with Crippen molar-refractivity contribution in [1.82, 2.24) is 0 Å². The van der Waals surface area contributed by atoms with Gasteiger partial charge in [0.15, 0.2) is 0 Å². The Morgan fingerprint density at radius 2 is 1.82 bits per heavy atom. The number of cyclic esters (lactones) is 1. The number of hydrogen-bond donors (Lipinski definition) is 2. The normalized spacial score (nSPS) is 26.3. The van der Waals surface area contributed by atoms with Crippen LogP contribution in [0.2, 0.25) is 0 Å². The smallest absolute Gasteiger partial charge is 0.308 e. The molecule has 1 rings (SSSR count). The standard InChI is InChI=1S/C18H34O4/c1-13(10-14(2)8-9-15(3)19)6-4-5-7-17-11-16(20)12-18(21)22-17/h13-17,19-20H,4-12H2,1-3H3/t13?,14?,15-,16+,17+/m1/s1. The van der Waals surface area contributed by atoms with Crippen molar-refractivity contribution in [3.63, 3.8) is 0 Å². The molecule has 0 aliphatic carbocycles. The largest absolute Gasteiger partial charge is 0.462 e. The molecule has 0 aromatic rings. The number of unbranched alkanes of at least 4 members (excludes halogenated alkanes) is 1. The quantitative estimate of drug-likeness (QED) is 0.479. The van der Waals surface area contributed by atoms with Gasteiger partial charge in [-0.15, -0.1) is 0 Å². The van der Waals surface area contributed by atoms with Gasteiger partial charge in [0.1, 0.15) is 6.10 Å². The van der Waals surface area contributed by atoms with Crippen LogP contribution in [0.15, 0.2) is 0 Å². The molecule has 0 amide bonds. The van der Waals surface area contributed by atoms with Gasteiger partial charge in [-0.2, -0.15) is 0 Å². The second-order valence-electron chi connectivity index (χ2n) is 7.36. The van der Waals surface area contributed by atoms with E-state index in [9.17, 15) is 15.0 Å². The van der Waals surface area contributed by atoms with Gasteiger partial charge in [0.05, 0.1) is 18.6 Å². The molecule has 0 radical (unpaired) electrons. The van der Waals surface area contributed by atoms with Crippen LogP contribution in [0.5, 0.6) is 0 Å². The number of hydrogen-bond acceptors (Lipinski definition) is 4. The van der Waals surface area contributed by atoms with Gasteiger partial charge in [-0.05, 0) is 50.9 Å². The van der Waals surface area contributed by atoms with Crippen molar-refractivity contribution in [2.24, 2.45) is 11.8 Å². The summed E-state index contributed by atoms with van der Waals surface area (Å²) in [5.74, 6) is 1.10. The Bertz CT molecular complexity index is 316. The van der Waals surface area contributed by atoms with E-state index in [-0.39, 0.29) is 24.6 Å². The molecule has 0 bridgehead atoms. The number of esters is 1. The van der Waals surface area contributed by atoms with E-state index in [4.69, 9.17) is 4.74 Å². The van der Waals surface area contributed by atoms with E-state index in [2.05, 4.69) is 13.8 Å². The van der Waals surface area contributed by atoms with Crippen molar-refractivity contribution < 1.29 is 19.7 Å². The zero-order valence-corrected chi connectivity index (χ0v) is 14.5. The number of aliphatic hydroxyl groups excluding tert-OH is 2. The molecule has 4 heteroatoms. The fourth-order valence-electron chi connectivity index (χ4n) is 3.35. The molecule has 5 atom stereocenters. The van der Waals surface area contributed by atoms with Crippen LogP contribution in [0.25, 0.3) is 0 Å². The molecular weight excluding hydrogens is 280 g/mol. The van der Waals surface area contributed by atoms with Gasteiger partial charge in [-0.25, -0.2) is 0 Å². The van der Waals surface area contributed by atoms with Gasteiger partial charge in [-0.3, -0.25) is 4.79 Å². The minimum Gasteiger partial charge on any atom is -0.462 e. The number of carbonyl (C=O) groups excluding carboxylic acids is 1. The van der Waals surface area contributed by atoms with E-state index in [1.54, 1.807) is 0 Å². The van der Waals surface area contributed by atoms with Crippen molar-refractivity contribution >= 4 is 5.97 Å². The van der Waals surface area contributed by atoms with E-state index in [1.807, 2.05) is 6.92 Å². The highest BCUT2D eigenvalue weighted by molar-refractivity contribution is 5.70. The van der Waals surface area contributed by atoms with Crippen LogP contribution >= 0.6 is 0 Å². The zero-order valence-electron chi connectivity index (χ0n) is 14.5. The Labute approximate surface area is 135 Å². The number of aliphatic hydroxyl groups is 2. The molecule has 1 heterocycles. The molecule has 0 aromatic carbocycles. The zero-order chi connectivity index (χ0) is 16.5. The second kappa shape index (κ2) is 10.2. The van der Waals surface area contributed by atoms with Gasteiger partial charge in [0.2, 0.25) is 0 Å². The SMILES string of the molecule is CC(CCCC[C@H]1C[C@H](O)CC(=O)O1)CC(C)CC[C@@H](C)O. The summed E-state index contributed by atoms with van der Waals surface area (Å²) in [5.41, 5.74) is 0. The average Bonchev–Trinajstić information content (AvgIpc) is 2.40. The third kappa shape index (κ3) is 8.74. The van der Waals surface area contributed by atoms with Crippen LogP contribution in [0.3, 0.4) is 0 Å². The molecule has 4 nitrogen and oxygen atoms in total. The van der Waals surface area contributed by atoms with Crippen LogP contribution in [0, 0.1) is 11.8 Å². The summed E-state index contributed by atoms with van der Waals surface area (Å²) in [6, 6.07) is 0. The fraction of sp³-hybridized carbons (Fsp3) is 0.944. The summed E-state index contributed by atoms with van der Waals surface area (Å²) >= 11 is 0. The minimum absolute atomic E-state index is 0.0866. The van der Waals surface area contributed by atoms with Gasteiger partial charge in [0, 0.05) is 6.42 Å². The maximum atomic E-state index is 11.3. The summed E-state index contributed by atoms with van der Waals surface area (Å²) in [4.78, 5) is 11.3. The molecule has 0 spiro atoms. The monoisotopic (exact) mass is 314 g/mol. The first-order valence-electron chi connectivity index (χ1n) is 8.92. The van der Waals surface area contributed by atoms with Crippen molar-refractivity contribution in [3.05, 3.63) is 0 Å².